The highest BCUT2D eigenvalue weighted by Crippen LogP contribution is 2.24. The molecule has 2 amide bonds. The van der Waals surface area contributed by atoms with E-state index in [0.717, 1.165) is 6.07 Å². The Morgan fingerprint density at radius 1 is 1.00 bits per heavy atom. The second-order valence-electron chi connectivity index (χ2n) is 4.25. The van der Waals surface area contributed by atoms with Crippen LogP contribution in [0.25, 0.3) is 0 Å². The maximum absolute atomic E-state index is 13.7. The third kappa shape index (κ3) is 3.35. The molecule has 0 radical (unpaired) electrons. The Balaban J connectivity index is 2.36. The molecule has 22 heavy (non-hydrogen) atoms. The zero-order valence-electron chi connectivity index (χ0n) is 10.8. The summed E-state index contributed by atoms with van der Waals surface area (Å²) in [5.74, 6) is -4.01. The molecule has 0 spiro atoms. The summed E-state index contributed by atoms with van der Waals surface area (Å²) in [5, 5.41) is 2.58. The van der Waals surface area contributed by atoms with E-state index in [1.165, 1.54) is 18.2 Å². The summed E-state index contributed by atoms with van der Waals surface area (Å²) in [4.78, 5) is 23.1. The van der Waals surface area contributed by atoms with Gasteiger partial charge in [-0.2, -0.15) is 0 Å². The monoisotopic (exact) mass is 344 g/mol. The van der Waals surface area contributed by atoms with Gasteiger partial charge in [-0.15, -0.1) is 0 Å². The number of nitrogens with two attached hydrogens (primary N) is 1. The van der Waals surface area contributed by atoms with Gasteiger partial charge >= 0.3 is 0 Å². The average Bonchev–Trinajstić information content (AvgIpc) is 2.41. The van der Waals surface area contributed by atoms with Gasteiger partial charge in [0.2, 0.25) is 0 Å². The smallest absolute Gasteiger partial charge is 0.257 e. The maximum atomic E-state index is 13.7. The van der Waals surface area contributed by atoms with Crippen molar-refractivity contribution in [1.29, 1.82) is 0 Å². The lowest BCUT2D eigenvalue weighted by Crippen LogP contribution is -2.17. The molecule has 0 atom stereocenters. The summed E-state index contributed by atoms with van der Waals surface area (Å²) in [5.41, 5.74) is 4.06. The Labute approximate surface area is 133 Å². The summed E-state index contributed by atoms with van der Waals surface area (Å²) >= 11 is 11.6. The number of carbonyl (C=O) groups excluding carboxylic acids is 2. The molecule has 2 aromatic carbocycles. The Kier molecular flexibility index (Phi) is 4.63. The van der Waals surface area contributed by atoms with E-state index in [0.29, 0.717) is 11.1 Å². The molecule has 0 heterocycles. The fourth-order valence-electron chi connectivity index (χ4n) is 1.70. The van der Waals surface area contributed by atoms with Crippen LogP contribution in [-0.4, -0.2) is 11.8 Å². The molecule has 0 aliphatic carbocycles. The highest BCUT2D eigenvalue weighted by molar-refractivity contribution is 6.37. The van der Waals surface area contributed by atoms with E-state index in [1.54, 1.807) is 0 Å². The van der Waals surface area contributed by atoms with Crippen molar-refractivity contribution >= 4 is 40.7 Å². The molecular weight excluding hydrogens is 337 g/mol. The number of nitrogens with one attached hydrogen (secondary N) is 1. The van der Waals surface area contributed by atoms with E-state index in [9.17, 15) is 18.4 Å². The number of hydrogen-bond donors (Lipinski definition) is 2. The van der Waals surface area contributed by atoms with E-state index >= 15 is 0 Å². The molecule has 0 aromatic heterocycles. The lowest BCUT2D eigenvalue weighted by atomic mass is 10.1. The number of amides is 2. The number of anilines is 1. The predicted molar refractivity (Wildman–Crippen MR) is 79.3 cm³/mol. The highest BCUT2D eigenvalue weighted by Gasteiger charge is 2.17. The van der Waals surface area contributed by atoms with Crippen molar-refractivity contribution < 1.29 is 18.4 Å². The van der Waals surface area contributed by atoms with Crippen LogP contribution in [0.4, 0.5) is 14.5 Å². The zero-order valence-corrected chi connectivity index (χ0v) is 12.3. The fourth-order valence-corrected chi connectivity index (χ4v) is 2.19. The second-order valence-corrected chi connectivity index (χ2v) is 5.10. The molecule has 0 fully saturated rings. The van der Waals surface area contributed by atoms with Gasteiger partial charge in [0.1, 0.15) is 11.6 Å². The minimum Gasteiger partial charge on any atom is -0.366 e. The first-order valence-electron chi connectivity index (χ1n) is 5.85. The van der Waals surface area contributed by atoms with E-state index in [-0.39, 0.29) is 10.6 Å². The van der Waals surface area contributed by atoms with Crippen LogP contribution in [0.2, 0.25) is 10.0 Å². The summed E-state index contributed by atoms with van der Waals surface area (Å²) in [7, 11) is 0. The van der Waals surface area contributed by atoms with Gasteiger partial charge in [0.15, 0.2) is 0 Å². The molecule has 0 aliphatic heterocycles. The molecule has 2 aromatic rings. The van der Waals surface area contributed by atoms with E-state index < -0.39 is 34.7 Å². The van der Waals surface area contributed by atoms with Crippen molar-refractivity contribution in [1.82, 2.24) is 0 Å². The van der Waals surface area contributed by atoms with Gasteiger partial charge in [0.05, 0.1) is 21.8 Å². The van der Waals surface area contributed by atoms with Crippen LogP contribution >= 0.6 is 23.2 Å². The zero-order chi connectivity index (χ0) is 16.4. The lowest BCUT2D eigenvalue weighted by molar-refractivity contribution is 0.0992. The normalized spacial score (nSPS) is 10.4. The molecule has 0 saturated heterocycles. The number of primary amides is 1. The van der Waals surface area contributed by atoms with Gasteiger partial charge < -0.3 is 11.1 Å². The first kappa shape index (κ1) is 16.2. The van der Waals surface area contributed by atoms with Gasteiger partial charge in [0, 0.05) is 11.1 Å². The van der Waals surface area contributed by atoms with Gasteiger partial charge in [-0.3, -0.25) is 9.59 Å². The minimum atomic E-state index is -1.12. The predicted octanol–water partition coefficient (Wildman–Crippen LogP) is 3.62. The Bertz CT molecular complexity index is 782. The van der Waals surface area contributed by atoms with E-state index in [1.807, 2.05) is 0 Å². The number of benzene rings is 2. The molecule has 0 unspecified atom stereocenters. The van der Waals surface area contributed by atoms with Crippen LogP contribution in [0.1, 0.15) is 20.7 Å². The minimum absolute atomic E-state index is 0.0374. The molecular formula is C14H8Cl2F2N2O2. The van der Waals surface area contributed by atoms with Crippen LogP contribution in [0, 0.1) is 11.6 Å². The molecule has 3 N–H and O–H groups in total. The van der Waals surface area contributed by atoms with Crippen LogP contribution < -0.4 is 11.1 Å². The van der Waals surface area contributed by atoms with Crippen molar-refractivity contribution in [2.75, 3.05) is 5.32 Å². The van der Waals surface area contributed by atoms with E-state index in [4.69, 9.17) is 28.9 Å². The highest BCUT2D eigenvalue weighted by atomic mass is 35.5. The van der Waals surface area contributed by atoms with Crippen LogP contribution in [0.5, 0.6) is 0 Å². The molecule has 2 rings (SSSR count). The van der Waals surface area contributed by atoms with Crippen molar-refractivity contribution in [3.05, 3.63) is 63.1 Å². The summed E-state index contributed by atoms with van der Waals surface area (Å²) in [6, 6.07) is 5.39. The van der Waals surface area contributed by atoms with Crippen LogP contribution in [0.15, 0.2) is 30.3 Å². The average molecular weight is 345 g/mol. The SMILES string of the molecule is NC(=O)c1cc(NC(=O)c2ccc(Cl)cc2Cl)c(F)cc1F. The summed E-state index contributed by atoms with van der Waals surface area (Å²) < 4.78 is 27.0. The first-order valence-corrected chi connectivity index (χ1v) is 6.60. The van der Waals surface area contributed by atoms with Gasteiger partial charge in [0.25, 0.3) is 11.8 Å². The molecule has 0 bridgehead atoms. The largest absolute Gasteiger partial charge is 0.366 e. The van der Waals surface area contributed by atoms with Crippen molar-refractivity contribution in [2.24, 2.45) is 5.73 Å². The summed E-state index contributed by atoms with van der Waals surface area (Å²) in [6.45, 7) is 0. The Hall–Kier alpha value is -2.18. The first-order chi connectivity index (χ1) is 10.3. The van der Waals surface area contributed by atoms with Crippen LogP contribution in [0.3, 0.4) is 0 Å². The van der Waals surface area contributed by atoms with E-state index in [2.05, 4.69) is 5.32 Å². The molecule has 8 heteroatoms. The third-order valence-electron chi connectivity index (χ3n) is 2.75. The molecule has 114 valence electrons. The topological polar surface area (TPSA) is 72.2 Å². The molecule has 0 saturated carbocycles. The molecule has 0 aliphatic rings. The van der Waals surface area contributed by atoms with Crippen molar-refractivity contribution in [3.8, 4) is 0 Å². The maximum Gasteiger partial charge on any atom is 0.257 e. The Morgan fingerprint density at radius 3 is 2.27 bits per heavy atom. The van der Waals surface area contributed by atoms with Crippen LogP contribution in [-0.2, 0) is 0 Å². The quantitative estimate of drug-likeness (QED) is 0.892. The number of carbonyl (C=O) groups is 2. The Morgan fingerprint density at radius 2 is 1.68 bits per heavy atom. The number of halogens is 4. The lowest BCUT2D eigenvalue weighted by Gasteiger charge is -2.09. The van der Waals surface area contributed by atoms with Gasteiger partial charge in [-0.1, -0.05) is 23.2 Å². The second kappa shape index (κ2) is 6.29. The van der Waals surface area contributed by atoms with Crippen molar-refractivity contribution in [3.63, 3.8) is 0 Å². The number of hydrogen-bond acceptors (Lipinski definition) is 2. The number of rotatable bonds is 3. The van der Waals surface area contributed by atoms with Gasteiger partial charge in [-0.05, 0) is 24.3 Å². The van der Waals surface area contributed by atoms with Gasteiger partial charge in [-0.25, -0.2) is 8.78 Å². The molecule has 4 nitrogen and oxygen atoms in total. The third-order valence-corrected chi connectivity index (χ3v) is 3.29. The van der Waals surface area contributed by atoms with Crippen molar-refractivity contribution in [2.45, 2.75) is 0 Å². The standard InChI is InChI=1S/C14H8Cl2F2N2O2/c15-6-1-2-7(9(16)3-6)14(22)20-12-4-8(13(19)21)10(17)5-11(12)18/h1-5H,(H2,19,21)(H,20,22). The fraction of sp³-hybridized carbons (Fsp3) is 0. The summed E-state index contributed by atoms with van der Waals surface area (Å²) in [6.07, 6.45) is 0.